The molecule has 1 rings (SSSR count). The van der Waals surface area contributed by atoms with Crippen LogP contribution in [0.3, 0.4) is 0 Å². The molecular formula is C9H10BrNO. The van der Waals surface area contributed by atoms with E-state index in [4.69, 9.17) is 0 Å². The number of benzene rings is 1. The van der Waals surface area contributed by atoms with Crippen LogP contribution in [0, 0.1) is 6.92 Å². The van der Waals surface area contributed by atoms with Crippen LogP contribution in [0.5, 0.6) is 0 Å². The van der Waals surface area contributed by atoms with Crippen LogP contribution in [0.25, 0.3) is 0 Å². The molecule has 0 atom stereocenters. The van der Waals surface area contributed by atoms with Crippen molar-refractivity contribution >= 4 is 22.1 Å². The second kappa shape index (κ2) is 3.72. The van der Waals surface area contributed by atoms with E-state index in [1.165, 1.54) is 3.93 Å². The average Bonchev–Trinajstić information content (AvgIpc) is 2.04. The van der Waals surface area contributed by atoms with Crippen molar-refractivity contribution in [3.63, 3.8) is 0 Å². The maximum atomic E-state index is 11.4. The van der Waals surface area contributed by atoms with Crippen molar-refractivity contribution in [3.8, 4) is 0 Å². The van der Waals surface area contributed by atoms with Crippen molar-refractivity contribution in [2.45, 2.75) is 6.92 Å². The molecule has 0 aromatic heterocycles. The van der Waals surface area contributed by atoms with Crippen LogP contribution >= 0.6 is 16.1 Å². The number of carbonyl (C=O) groups excluding carboxylic acids is 1. The molecule has 0 bridgehead atoms. The molecule has 0 saturated heterocycles. The van der Waals surface area contributed by atoms with Gasteiger partial charge in [0.1, 0.15) is 0 Å². The van der Waals surface area contributed by atoms with E-state index in [0.29, 0.717) is 0 Å². The normalized spacial score (nSPS) is 9.58. The van der Waals surface area contributed by atoms with Gasteiger partial charge in [-0.1, -0.05) is 18.2 Å². The zero-order valence-electron chi connectivity index (χ0n) is 7.04. The van der Waals surface area contributed by atoms with Gasteiger partial charge in [-0.2, -0.15) is 0 Å². The van der Waals surface area contributed by atoms with Crippen LogP contribution in [0.15, 0.2) is 24.3 Å². The maximum Gasteiger partial charge on any atom is 0.263 e. The smallest absolute Gasteiger partial charge is 0.263 e. The Labute approximate surface area is 80.5 Å². The first kappa shape index (κ1) is 9.26. The third-order valence-electron chi connectivity index (χ3n) is 1.66. The Morgan fingerprint density at radius 1 is 1.42 bits per heavy atom. The summed E-state index contributed by atoms with van der Waals surface area (Å²) in [5.41, 5.74) is 1.73. The maximum absolute atomic E-state index is 11.4. The molecule has 1 amide bonds. The summed E-state index contributed by atoms with van der Waals surface area (Å²) in [6, 6.07) is 7.51. The highest BCUT2D eigenvalue weighted by Gasteiger charge is 2.10. The fourth-order valence-corrected chi connectivity index (χ4v) is 1.17. The second-order valence-corrected chi connectivity index (χ2v) is 3.66. The van der Waals surface area contributed by atoms with Crippen molar-refractivity contribution in [1.82, 2.24) is 3.93 Å². The molecule has 0 aliphatic carbocycles. The number of nitrogens with zero attached hydrogens (tertiary/aromatic N) is 1. The van der Waals surface area contributed by atoms with Crippen molar-refractivity contribution in [1.29, 1.82) is 0 Å². The summed E-state index contributed by atoms with van der Waals surface area (Å²) in [7, 11) is 1.68. The van der Waals surface area contributed by atoms with Gasteiger partial charge < -0.3 is 0 Å². The molecule has 0 N–H and O–H groups in total. The van der Waals surface area contributed by atoms with Gasteiger partial charge in [-0.15, -0.1) is 0 Å². The molecular weight excluding hydrogens is 218 g/mol. The average molecular weight is 228 g/mol. The summed E-state index contributed by atoms with van der Waals surface area (Å²) in [6.45, 7) is 1.92. The van der Waals surface area contributed by atoms with E-state index in [-0.39, 0.29) is 5.91 Å². The molecule has 1 aromatic rings. The molecule has 0 radical (unpaired) electrons. The molecule has 0 aliphatic heterocycles. The monoisotopic (exact) mass is 227 g/mol. The minimum Gasteiger partial charge on any atom is -0.278 e. The molecule has 3 heteroatoms. The van der Waals surface area contributed by atoms with E-state index in [1.54, 1.807) is 7.05 Å². The van der Waals surface area contributed by atoms with Gasteiger partial charge in [0.2, 0.25) is 0 Å². The van der Waals surface area contributed by atoms with E-state index >= 15 is 0 Å². The summed E-state index contributed by atoms with van der Waals surface area (Å²) >= 11 is 3.09. The molecule has 2 nitrogen and oxygen atoms in total. The molecule has 64 valence electrons. The van der Waals surface area contributed by atoms with Gasteiger partial charge in [0.15, 0.2) is 0 Å². The van der Waals surface area contributed by atoms with Gasteiger partial charge >= 0.3 is 0 Å². The van der Waals surface area contributed by atoms with Crippen molar-refractivity contribution < 1.29 is 4.79 Å². The zero-order valence-corrected chi connectivity index (χ0v) is 8.63. The lowest BCUT2D eigenvalue weighted by Crippen LogP contribution is -2.16. The van der Waals surface area contributed by atoms with Gasteiger partial charge in [-0.3, -0.25) is 8.72 Å². The van der Waals surface area contributed by atoms with Crippen molar-refractivity contribution in [3.05, 3.63) is 35.4 Å². The van der Waals surface area contributed by atoms with Gasteiger partial charge in [-0.05, 0) is 18.6 Å². The fourth-order valence-electron chi connectivity index (χ4n) is 0.979. The van der Waals surface area contributed by atoms with Crippen LogP contribution in [-0.4, -0.2) is 16.9 Å². The lowest BCUT2D eigenvalue weighted by molar-refractivity contribution is 0.0897. The quantitative estimate of drug-likeness (QED) is 0.675. The van der Waals surface area contributed by atoms with Crippen LogP contribution in [0.4, 0.5) is 0 Å². The van der Waals surface area contributed by atoms with Gasteiger partial charge in [0, 0.05) is 12.6 Å². The number of hydrogen-bond acceptors (Lipinski definition) is 1. The lowest BCUT2D eigenvalue weighted by Gasteiger charge is -2.09. The molecule has 0 unspecified atom stereocenters. The van der Waals surface area contributed by atoms with Gasteiger partial charge in [0.05, 0.1) is 16.1 Å². The molecule has 0 spiro atoms. The van der Waals surface area contributed by atoms with Crippen LogP contribution in [0.2, 0.25) is 0 Å². The van der Waals surface area contributed by atoms with Crippen LogP contribution in [0.1, 0.15) is 15.9 Å². The summed E-state index contributed by atoms with van der Waals surface area (Å²) in [6.07, 6.45) is 0. The topological polar surface area (TPSA) is 20.3 Å². The first-order chi connectivity index (χ1) is 5.63. The van der Waals surface area contributed by atoms with E-state index in [0.717, 1.165) is 11.1 Å². The van der Waals surface area contributed by atoms with Crippen molar-refractivity contribution in [2.24, 2.45) is 0 Å². The fraction of sp³-hybridized carbons (Fsp3) is 0.222. The van der Waals surface area contributed by atoms with Crippen molar-refractivity contribution in [2.75, 3.05) is 7.05 Å². The van der Waals surface area contributed by atoms with E-state index < -0.39 is 0 Å². The molecule has 1 aromatic carbocycles. The van der Waals surface area contributed by atoms with E-state index in [2.05, 4.69) is 16.1 Å². The largest absolute Gasteiger partial charge is 0.278 e. The predicted molar refractivity (Wildman–Crippen MR) is 52.2 cm³/mol. The lowest BCUT2D eigenvalue weighted by atomic mass is 10.1. The Bertz CT molecular complexity index is 296. The Morgan fingerprint density at radius 2 is 2.00 bits per heavy atom. The SMILES string of the molecule is Cc1ccccc1C(=O)N(C)Br. The van der Waals surface area contributed by atoms with Gasteiger partial charge in [0.25, 0.3) is 5.91 Å². The van der Waals surface area contributed by atoms with E-state index in [1.807, 2.05) is 31.2 Å². The predicted octanol–water partition coefficient (Wildman–Crippen LogP) is 2.38. The zero-order chi connectivity index (χ0) is 9.14. The number of halogens is 1. The number of carbonyl (C=O) groups is 1. The molecule has 0 saturated carbocycles. The first-order valence-electron chi connectivity index (χ1n) is 3.62. The standard InChI is InChI=1S/C9H10BrNO/c1-7-5-3-4-6-8(7)9(12)11(2)10/h3-6H,1-2H3. The third kappa shape index (κ3) is 1.85. The Morgan fingerprint density at radius 3 is 2.50 bits per heavy atom. The highest BCUT2D eigenvalue weighted by atomic mass is 79.9. The van der Waals surface area contributed by atoms with Crippen LogP contribution in [-0.2, 0) is 0 Å². The van der Waals surface area contributed by atoms with E-state index in [9.17, 15) is 4.79 Å². The third-order valence-corrected chi connectivity index (χ3v) is 1.98. The number of hydrogen-bond donors (Lipinski definition) is 0. The Kier molecular flexibility index (Phi) is 2.87. The Hall–Kier alpha value is -0.830. The Balaban J connectivity index is 3.03. The highest BCUT2D eigenvalue weighted by molar-refractivity contribution is 9.07. The highest BCUT2D eigenvalue weighted by Crippen LogP contribution is 2.11. The minimum absolute atomic E-state index is 0.0203. The minimum atomic E-state index is -0.0203. The summed E-state index contributed by atoms with van der Waals surface area (Å²) in [4.78, 5) is 11.4. The molecule has 0 heterocycles. The second-order valence-electron chi connectivity index (χ2n) is 2.60. The van der Waals surface area contributed by atoms with Gasteiger partial charge in [-0.25, -0.2) is 0 Å². The molecule has 0 aliphatic rings. The van der Waals surface area contributed by atoms with Crippen LogP contribution < -0.4 is 0 Å². The summed E-state index contributed by atoms with van der Waals surface area (Å²) in [5, 5.41) is 0. The molecule has 12 heavy (non-hydrogen) atoms. The first-order valence-corrected chi connectivity index (χ1v) is 4.33. The number of aryl methyl sites for hydroxylation is 1. The number of rotatable bonds is 1. The summed E-state index contributed by atoms with van der Waals surface area (Å²) < 4.78 is 1.40. The molecule has 0 fully saturated rings. The number of amides is 1. The summed E-state index contributed by atoms with van der Waals surface area (Å²) in [5.74, 6) is -0.0203.